The number of amides is 1. The number of hydrogen-bond donors (Lipinski definition) is 1. The third-order valence-corrected chi connectivity index (χ3v) is 3.42. The first-order valence-electron chi connectivity index (χ1n) is 7.06. The summed E-state index contributed by atoms with van der Waals surface area (Å²) in [5, 5.41) is 6.97. The molecule has 0 aliphatic heterocycles. The Morgan fingerprint density at radius 3 is 2.61 bits per heavy atom. The van der Waals surface area contributed by atoms with Gasteiger partial charge in [-0.15, -0.1) is 0 Å². The molecule has 0 saturated heterocycles. The molecule has 1 aromatic carbocycles. The third-order valence-electron chi connectivity index (χ3n) is 3.42. The van der Waals surface area contributed by atoms with Crippen LogP contribution in [0.3, 0.4) is 0 Å². The Labute approximate surface area is 133 Å². The summed E-state index contributed by atoms with van der Waals surface area (Å²) in [6.45, 7) is 0. The number of aryl methyl sites for hydroxylation is 1. The van der Waals surface area contributed by atoms with Gasteiger partial charge in [0.05, 0.1) is 18.9 Å². The van der Waals surface area contributed by atoms with Gasteiger partial charge >= 0.3 is 0 Å². The van der Waals surface area contributed by atoms with E-state index in [4.69, 9.17) is 4.74 Å². The van der Waals surface area contributed by atoms with Crippen LogP contribution < -0.4 is 10.1 Å². The molecule has 3 aromatic rings. The normalized spacial score (nSPS) is 10.3. The molecular weight excluding hydrogens is 292 g/mol. The molecule has 1 amide bonds. The molecule has 6 nitrogen and oxygen atoms in total. The second-order valence-corrected chi connectivity index (χ2v) is 5.01. The van der Waals surface area contributed by atoms with Gasteiger partial charge in [0.2, 0.25) is 0 Å². The van der Waals surface area contributed by atoms with E-state index in [1.165, 1.54) is 0 Å². The predicted molar refractivity (Wildman–Crippen MR) is 87.4 cm³/mol. The van der Waals surface area contributed by atoms with E-state index in [0.29, 0.717) is 17.0 Å². The quantitative estimate of drug-likeness (QED) is 0.804. The van der Waals surface area contributed by atoms with Crippen molar-refractivity contribution in [3.63, 3.8) is 0 Å². The van der Waals surface area contributed by atoms with Gasteiger partial charge < -0.3 is 10.1 Å². The first-order valence-corrected chi connectivity index (χ1v) is 7.06. The molecule has 0 aliphatic carbocycles. The van der Waals surface area contributed by atoms with Gasteiger partial charge in [-0.05, 0) is 29.8 Å². The summed E-state index contributed by atoms with van der Waals surface area (Å²) in [6.07, 6.45) is 6.92. The Balaban J connectivity index is 1.89. The van der Waals surface area contributed by atoms with E-state index in [0.717, 1.165) is 11.1 Å². The van der Waals surface area contributed by atoms with E-state index in [2.05, 4.69) is 15.4 Å². The Bertz CT molecular complexity index is 828. The van der Waals surface area contributed by atoms with Crippen LogP contribution in [0, 0.1) is 0 Å². The average molecular weight is 308 g/mol. The van der Waals surface area contributed by atoms with Crippen molar-refractivity contribution in [2.75, 3.05) is 12.4 Å². The third kappa shape index (κ3) is 3.21. The van der Waals surface area contributed by atoms with Crippen molar-refractivity contribution in [2.24, 2.45) is 7.05 Å². The number of carbonyl (C=O) groups excluding carboxylic acids is 1. The van der Waals surface area contributed by atoms with E-state index in [-0.39, 0.29) is 5.91 Å². The number of methoxy groups -OCH3 is 1. The van der Waals surface area contributed by atoms with E-state index in [1.54, 1.807) is 48.6 Å². The number of carbonyl (C=O) groups is 1. The number of pyridine rings is 1. The second kappa shape index (κ2) is 6.31. The Hall–Kier alpha value is -3.15. The van der Waals surface area contributed by atoms with Crippen LogP contribution in [0.4, 0.5) is 5.69 Å². The molecule has 2 aromatic heterocycles. The first kappa shape index (κ1) is 14.8. The van der Waals surface area contributed by atoms with Gasteiger partial charge in [-0.3, -0.25) is 14.5 Å². The number of anilines is 1. The van der Waals surface area contributed by atoms with Crippen LogP contribution in [-0.2, 0) is 7.05 Å². The van der Waals surface area contributed by atoms with Gasteiger partial charge in [0, 0.05) is 36.9 Å². The number of nitrogens with one attached hydrogen (secondary N) is 1. The zero-order chi connectivity index (χ0) is 16.2. The highest BCUT2D eigenvalue weighted by Gasteiger charge is 2.14. The smallest absolute Gasteiger partial charge is 0.259 e. The highest BCUT2D eigenvalue weighted by atomic mass is 16.5. The molecule has 23 heavy (non-hydrogen) atoms. The molecule has 0 atom stereocenters. The molecule has 1 N–H and O–H groups in total. The van der Waals surface area contributed by atoms with Crippen molar-refractivity contribution in [1.82, 2.24) is 14.8 Å². The van der Waals surface area contributed by atoms with Crippen molar-refractivity contribution in [3.8, 4) is 16.9 Å². The SMILES string of the molecule is COc1cc(-c2cnn(C)c2)ccc1C(=O)Nc1ccncc1. The van der Waals surface area contributed by atoms with Crippen LogP contribution in [0.1, 0.15) is 10.4 Å². The summed E-state index contributed by atoms with van der Waals surface area (Å²) in [6, 6.07) is 8.92. The van der Waals surface area contributed by atoms with Crippen LogP contribution >= 0.6 is 0 Å². The van der Waals surface area contributed by atoms with E-state index < -0.39 is 0 Å². The summed E-state index contributed by atoms with van der Waals surface area (Å²) in [4.78, 5) is 16.3. The molecule has 116 valence electrons. The predicted octanol–water partition coefficient (Wildman–Crippen LogP) is 2.74. The first-order chi connectivity index (χ1) is 11.2. The number of aromatic nitrogens is 3. The van der Waals surface area contributed by atoms with E-state index in [9.17, 15) is 4.79 Å². The lowest BCUT2D eigenvalue weighted by molar-refractivity contribution is 0.102. The average Bonchev–Trinajstić information content (AvgIpc) is 3.01. The van der Waals surface area contributed by atoms with Crippen molar-refractivity contribution < 1.29 is 9.53 Å². The number of rotatable bonds is 4. The zero-order valence-corrected chi connectivity index (χ0v) is 12.9. The highest BCUT2D eigenvalue weighted by Crippen LogP contribution is 2.27. The lowest BCUT2D eigenvalue weighted by Crippen LogP contribution is -2.13. The van der Waals surface area contributed by atoms with Gasteiger partial charge in [0.15, 0.2) is 0 Å². The Kier molecular flexibility index (Phi) is 4.05. The minimum absolute atomic E-state index is 0.231. The van der Waals surface area contributed by atoms with Crippen LogP contribution in [0.25, 0.3) is 11.1 Å². The molecule has 2 heterocycles. The molecule has 0 spiro atoms. The van der Waals surface area contributed by atoms with Gasteiger partial charge in [-0.2, -0.15) is 5.10 Å². The maximum atomic E-state index is 12.4. The lowest BCUT2D eigenvalue weighted by Gasteiger charge is -2.10. The second-order valence-electron chi connectivity index (χ2n) is 5.01. The Morgan fingerprint density at radius 2 is 1.96 bits per heavy atom. The van der Waals surface area contributed by atoms with Crippen molar-refractivity contribution in [2.45, 2.75) is 0 Å². The fraction of sp³-hybridized carbons (Fsp3) is 0.118. The molecule has 6 heteroatoms. The molecule has 0 saturated carbocycles. The zero-order valence-electron chi connectivity index (χ0n) is 12.9. The monoisotopic (exact) mass is 308 g/mol. The van der Waals surface area contributed by atoms with E-state index >= 15 is 0 Å². The van der Waals surface area contributed by atoms with Gasteiger partial charge in [0.1, 0.15) is 5.75 Å². The minimum Gasteiger partial charge on any atom is -0.496 e. The molecule has 0 radical (unpaired) electrons. The molecule has 0 fully saturated rings. The Morgan fingerprint density at radius 1 is 1.17 bits per heavy atom. The number of hydrogen-bond acceptors (Lipinski definition) is 4. The minimum atomic E-state index is -0.231. The molecule has 0 aliphatic rings. The van der Waals surface area contributed by atoms with E-state index in [1.807, 2.05) is 25.4 Å². The fourth-order valence-corrected chi connectivity index (χ4v) is 2.26. The van der Waals surface area contributed by atoms with Crippen LogP contribution in [0.15, 0.2) is 55.1 Å². The standard InChI is InChI=1S/C17H16N4O2/c1-21-11-13(10-19-21)12-3-4-15(16(9-12)23-2)17(22)20-14-5-7-18-8-6-14/h3-11H,1-2H3,(H,18,20,22). The highest BCUT2D eigenvalue weighted by molar-refractivity contribution is 6.06. The largest absolute Gasteiger partial charge is 0.496 e. The molecule has 3 rings (SSSR count). The molecule has 0 bridgehead atoms. The van der Waals surface area contributed by atoms with Crippen molar-refractivity contribution >= 4 is 11.6 Å². The number of benzene rings is 1. The van der Waals surface area contributed by atoms with Crippen LogP contribution in [0.5, 0.6) is 5.75 Å². The lowest BCUT2D eigenvalue weighted by atomic mass is 10.1. The number of ether oxygens (including phenoxy) is 1. The molecule has 0 unspecified atom stereocenters. The van der Waals surface area contributed by atoms with Gasteiger partial charge in [-0.1, -0.05) is 6.07 Å². The maximum absolute atomic E-state index is 12.4. The van der Waals surface area contributed by atoms with Gasteiger partial charge in [0.25, 0.3) is 5.91 Å². The molecular formula is C17H16N4O2. The van der Waals surface area contributed by atoms with Crippen molar-refractivity contribution in [3.05, 3.63) is 60.7 Å². The van der Waals surface area contributed by atoms with Crippen molar-refractivity contribution in [1.29, 1.82) is 0 Å². The summed E-state index contributed by atoms with van der Waals surface area (Å²) in [5.74, 6) is 0.281. The summed E-state index contributed by atoms with van der Waals surface area (Å²) >= 11 is 0. The summed E-state index contributed by atoms with van der Waals surface area (Å²) in [5.41, 5.74) is 3.06. The topological polar surface area (TPSA) is 69.0 Å². The summed E-state index contributed by atoms with van der Waals surface area (Å²) < 4.78 is 7.10. The fourth-order valence-electron chi connectivity index (χ4n) is 2.26. The summed E-state index contributed by atoms with van der Waals surface area (Å²) in [7, 11) is 3.41. The van der Waals surface area contributed by atoms with Gasteiger partial charge in [-0.25, -0.2) is 0 Å². The van der Waals surface area contributed by atoms with Crippen LogP contribution in [0.2, 0.25) is 0 Å². The maximum Gasteiger partial charge on any atom is 0.259 e. The van der Waals surface area contributed by atoms with Crippen LogP contribution in [-0.4, -0.2) is 27.8 Å². The number of nitrogens with zero attached hydrogens (tertiary/aromatic N) is 3.